The van der Waals surface area contributed by atoms with Gasteiger partial charge >= 0.3 is 0 Å². The number of nitrogens with zero attached hydrogens (tertiary/aromatic N) is 2. The number of hydrogen-bond donors (Lipinski definition) is 1. The fraction of sp³-hybridized carbons (Fsp3) is 0.444. The maximum absolute atomic E-state index is 4.85. The highest BCUT2D eigenvalue weighted by atomic mass is 15.0. The molecule has 112 valence electrons. The highest BCUT2D eigenvalue weighted by molar-refractivity contribution is 5.74. The van der Waals surface area contributed by atoms with E-state index in [4.69, 9.17) is 4.98 Å². The molecule has 0 aliphatic rings. The lowest BCUT2D eigenvalue weighted by molar-refractivity contribution is 0.775. The van der Waals surface area contributed by atoms with Gasteiger partial charge < -0.3 is 5.32 Å². The summed E-state index contributed by atoms with van der Waals surface area (Å²) in [4.78, 5) is 9.48. The number of anilines is 1. The molecule has 1 N–H and O–H groups in total. The second-order valence-corrected chi connectivity index (χ2v) is 6.08. The Labute approximate surface area is 127 Å². The minimum absolute atomic E-state index is 0.308. The van der Waals surface area contributed by atoms with Crippen molar-refractivity contribution in [3.05, 3.63) is 40.2 Å². The van der Waals surface area contributed by atoms with Gasteiger partial charge in [-0.05, 0) is 38.8 Å². The summed E-state index contributed by atoms with van der Waals surface area (Å²) in [6, 6.07) is 4.44. The van der Waals surface area contributed by atoms with E-state index in [0.717, 1.165) is 22.9 Å². The summed E-state index contributed by atoms with van der Waals surface area (Å²) in [5.41, 5.74) is 7.22. The third-order valence-electron chi connectivity index (χ3n) is 3.83. The van der Waals surface area contributed by atoms with Crippen molar-refractivity contribution in [2.45, 2.75) is 47.5 Å². The second-order valence-electron chi connectivity index (χ2n) is 6.08. The van der Waals surface area contributed by atoms with Crippen LogP contribution in [0.5, 0.6) is 0 Å². The van der Waals surface area contributed by atoms with E-state index in [1.165, 1.54) is 22.3 Å². The van der Waals surface area contributed by atoms with Gasteiger partial charge in [0.05, 0.1) is 5.69 Å². The normalized spacial score (nSPS) is 11.0. The van der Waals surface area contributed by atoms with Crippen LogP contribution in [-0.2, 0) is 0 Å². The molecule has 1 heterocycles. The molecule has 2 aromatic rings. The predicted octanol–water partition coefficient (Wildman–Crippen LogP) is 4.54. The van der Waals surface area contributed by atoms with Gasteiger partial charge in [-0.1, -0.05) is 31.5 Å². The molecule has 0 amide bonds. The molecule has 0 unspecified atom stereocenters. The van der Waals surface area contributed by atoms with Gasteiger partial charge in [0, 0.05) is 24.1 Å². The lowest BCUT2D eigenvalue weighted by Crippen LogP contribution is -2.07. The summed E-state index contributed by atoms with van der Waals surface area (Å²) in [5.74, 6) is 2.12. The molecule has 0 atom stereocenters. The first-order valence-electron chi connectivity index (χ1n) is 7.49. The monoisotopic (exact) mass is 283 g/mol. The topological polar surface area (TPSA) is 37.8 Å². The molecule has 0 radical (unpaired) electrons. The number of rotatable bonds is 3. The molecule has 0 saturated carbocycles. The van der Waals surface area contributed by atoms with Gasteiger partial charge in [-0.3, -0.25) is 0 Å². The maximum Gasteiger partial charge on any atom is 0.133 e. The summed E-state index contributed by atoms with van der Waals surface area (Å²) in [6.45, 7) is 12.8. The first-order valence-corrected chi connectivity index (χ1v) is 7.49. The Morgan fingerprint density at radius 3 is 2.00 bits per heavy atom. The number of aryl methyl sites for hydroxylation is 3. The van der Waals surface area contributed by atoms with Crippen molar-refractivity contribution in [2.24, 2.45) is 0 Å². The molecule has 0 fully saturated rings. The lowest BCUT2D eigenvalue weighted by atomic mass is 9.95. The average molecular weight is 283 g/mol. The third-order valence-corrected chi connectivity index (χ3v) is 3.83. The highest BCUT2D eigenvalue weighted by Crippen LogP contribution is 2.32. The van der Waals surface area contributed by atoms with Crippen LogP contribution in [0.3, 0.4) is 0 Å². The van der Waals surface area contributed by atoms with Gasteiger partial charge in [-0.2, -0.15) is 0 Å². The van der Waals surface area contributed by atoms with Crippen LogP contribution in [0.25, 0.3) is 11.3 Å². The van der Waals surface area contributed by atoms with Gasteiger partial charge in [-0.15, -0.1) is 0 Å². The van der Waals surface area contributed by atoms with Crippen molar-refractivity contribution >= 4 is 5.82 Å². The van der Waals surface area contributed by atoms with Crippen LogP contribution < -0.4 is 5.32 Å². The molecular formula is C18H25N3. The molecule has 1 aromatic carbocycles. The van der Waals surface area contributed by atoms with Gasteiger partial charge in [0.1, 0.15) is 11.6 Å². The number of benzene rings is 1. The standard InChI is InChI=1S/C18H25N3/c1-10(2)17-20-16(14(6)18(19-7)21-17)15-12(4)8-11(3)9-13(15)5/h8-10H,1-7H3,(H,19,20,21). The Kier molecular flexibility index (Phi) is 4.31. The summed E-state index contributed by atoms with van der Waals surface area (Å²) in [5, 5.41) is 3.20. The average Bonchev–Trinajstić information content (AvgIpc) is 2.39. The summed E-state index contributed by atoms with van der Waals surface area (Å²) >= 11 is 0. The van der Waals surface area contributed by atoms with Crippen LogP contribution in [0, 0.1) is 27.7 Å². The van der Waals surface area contributed by atoms with Crippen molar-refractivity contribution < 1.29 is 0 Å². The fourth-order valence-electron chi connectivity index (χ4n) is 2.83. The molecule has 2 rings (SSSR count). The van der Waals surface area contributed by atoms with E-state index in [1.54, 1.807) is 0 Å². The molecule has 3 nitrogen and oxygen atoms in total. The van der Waals surface area contributed by atoms with E-state index in [9.17, 15) is 0 Å². The van der Waals surface area contributed by atoms with Crippen molar-refractivity contribution in [3.63, 3.8) is 0 Å². The van der Waals surface area contributed by atoms with Gasteiger partial charge in [-0.25, -0.2) is 9.97 Å². The van der Waals surface area contributed by atoms with E-state index in [0.29, 0.717) is 5.92 Å². The van der Waals surface area contributed by atoms with Crippen LogP contribution in [0.1, 0.15) is 47.8 Å². The Bertz CT molecular complexity index is 649. The molecule has 0 aliphatic carbocycles. The Hall–Kier alpha value is -1.90. The highest BCUT2D eigenvalue weighted by Gasteiger charge is 2.17. The zero-order valence-electron chi connectivity index (χ0n) is 14.1. The van der Waals surface area contributed by atoms with Crippen molar-refractivity contribution in [2.75, 3.05) is 12.4 Å². The Morgan fingerprint density at radius 2 is 1.52 bits per heavy atom. The zero-order valence-corrected chi connectivity index (χ0v) is 14.1. The molecule has 3 heteroatoms. The summed E-state index contributed by atoms with van der Waals surface area (Å²) < 4.78 is 0. The summed E-state index contributed by atoms with van der Waals surface area (Å²) in [7, 11) is 1.91. The Morgan fingerprint density at radius 1 is 0.952 bits per heavy atom. The van der Waals surface area contributed by atoms with Crippen LogP contribution >= 0.6 is 0 Å². The largest absolute Gasteiger partial charge is 0.373 e. The van der Waals surface area contributed by atoms with E-state index >= 15 is 0 Å². The van der Waals surface area contributed by atoms with Gasteiger partial charge in [0.15, 0.2) is 0 Å². The second kappa shape index (κ2) is 5.84. The van der Waals surface area contributed by atoms with Crippen molar-refractivity contribution in [3.8, 4) is 11.3 Å². The number of aromatic nitrogens is 2. The third kappa shape index (κ3) is 2.92. The minimum atomic E-state index is 0.308. The van der Waals surface area contributed by atoms with Crippen molar-refractivity contribution in [1.82, 2.24) is 9.97 Å². The van der Waals surface area contributed by atoms with E-state index < -0.39 is 0 Å². The van der Waals surface area contributed by atoms with Crippen LogP contribution in [0.4, 0.5) is 5.82 Å². The fourth-order valence-corrected chi connectivity index (χ4v) is 2.83. The Balaban J connectivity index is 2.77. The number of hydrogen-bond acceptors (Lipinski definition) is 3. The first-order chi connectivity index (χ1) is 9.85. The van der Waals surface area contributed by atoms with Gasteiger partial charge in [0.25, 0.3) is 0 Å². The molecule has 21 heavy (non-hydrogen) atoms. The van der Waals surface area contributed by atoms with Crippen LogP contribution in [0.2, 0.25) is 0 Å². The predicted molar refractivity (Wildman–Crippen MR) is 90.1 cm³/mol. The number of nitrogens with one attached hydrogen (secondary N) is 1. The van der Waals surface area contributed by atoms with E-state index in [1.807, 2.05) is 7.05 Å². The molecular weight excluding hydrogens is 258 g/mol. The van der Waals surface area contributed by atoms with Gasteiger partial charge in [0.2, 0.25) is 0 Å². The van der Waals surface area contributed by atoms with E-state index in [2.05, 4.69) is 64.0 Å². The minimum Gasteiger partial charge on any atom is -0.373 e. The van der Waals surface area contributed by atoms with Crippen LogP contribution in [-0.4, -0.2) is 17.0 Å². The first kappa shape index (κ1) is 15.5. The maximum atomic E-state index is 4.85. The molecule has 0 aliphatic heterocycles. The SMILES string of the molecule is CNc1nc(C(C)C)nc(-c2c(C)cc(C)cc2C)c1C. The lowest BCUT2D eigenvalue weighted by Gasteiger charge is -2.17. The summed E-state index contributed by atoms with van der Waals surface area (Å²) in [6.07, 6.45) is 0. The molecule has 1 aromatic heterocycles. The molecule has 0 bridgehead atoms. The quantitative estimate of drug-likeness (QED) is 0.898. The van der Waals surface area contributed by atoms with Crippen molar-refractivity contribution in [1.29, 1.82) is 0 Å². The van der Waals surface area contributed by atoms with E-state index in [-0.39, 0.29) is 0 Å². The molecule has 0 spiro atoms. The smallest absolute Gasteiger partial charge is 0.133 e. The molecule has 0 saturated heterocycles. The zero-order chi connectivity index (χ0) is 15.7. The van der Waals surface area contributed by atoms with Crippen LogP contribution in [0.15, 0.2) is 12.1 Å².